The Morgan fingerprint density at radius 3 is 2.24 bits per heavy atom. The molecule has 1 amide bonds. The number of nitrogens with one attached hydrogen (secondary N) is 2. The average molecular weight is 383 g/mol. The van der Waals surface area contributed by atoms with Crippen LogP contribution < -0.4 is 14.8 Å². The number of methoxy groups -OCH3 is 1. The Bertz CT molecular complexity index is 821. The molecule has 0 fully saturated rings. The summed E-state index contributed by atoms with van der Waals surface area (Å²) in [4.78, 5) is 12.3. The molecule has 1 atom stereocenters. The van der Waals surface area contributed by atoms with E-state index in [1.807, 2.05) is 0 Å². The Kier molecular flexibility index (Phi) is 6.41. The van der Waals surface area contributed by atoms with E-state index >= 15 is 0 Å². The first-order valence-corrected chi connectivity index (χ1v) is 9.70. The molecule has 134 valence electrons. The van der Waals surface area contributed by atoms with Gasteiger partial charge in [0.25, 0.3) is 0 Å². The number of hydrogen-bond acceptors (Lipinski definition) is 4. The zero-order valence-corrected chi connectivity index (χ0v) is 15.4. The minimum absolute atomic E-state index is 0.0548. The lowest BCUT2D eigenvalue weighted by Gasteiger charge is -2.18. The van der Waals surface area contributed by atoms with E-state index in [0.717, 1.165) is 6.26 Å². The zero-order chi connectivity index (χ0) is 18.4. The highest BCUT2D eigenvalue weighted by molar-refractivity contribution is 7.88. The van der Waals surface area contributed by atoms with Crippen molar-refractivity contribution in [3.8, 4) is 5.75 Å². The van der Waals surface area contributed by atoms with Crippen LogP contribution in [0.15, 0.2) is 48.5 Å². The highest BCUT2D eigenvalue weighted by Crippen LogP contribution is 2.22. The van der Waals surface area contributed by atoms with E-state index in [2.05, 4.69) is 10.0 Å². The van der Waals surface area contributed by atoms with Crippen LogP contribution in [0.4, 0.5) is 5.69 Å². The number of benzene rings is 2. The van der Waals surface area contributed by atoms with Gasteiger partial charge in [0.1, 0.15) is 5.75 Å². The second kappa shape index (κ2) is 8.33. The van der Waals surface area contributed by atoms with Crippen LogP contribution in [0.2, 0.25) is 5.02 Å². The van der Waals surface area contributed by atoms with Gasteiger partial charge >= 0.3 is 0 Å². The minimum atomic E-state index is -3.49. The molecule has 0 saturated heterocycles. The van der Waals surface area contributed by atoms with E-state index < -0.39 is 16.1 Å². The molecule has 2 rings (SSSR count). The Balaban J connectivity index is 2.11. The summed E-state index contributed by atoms with van der Waals surface area (Å²) < 4.78 is 30.8. The predicted octanol–water partition coefficient (Wildman–Crippen LogP) is 2.97. The van der Waals surface area contributed by atoms with Gasteiger partial charge in [-0.2, -0.15) is 0 Å². The predicted molar refractivity (Wildman–Crippen MR) is 98.4 cm³/mol. The van der Waals surface area contributed by atoms with Crippen LogP contribution in [-0.2, 0) is 14.8 Å². The maximum Gasteiger partial charge on any atom is 0.226 e. The fraction of sp³-hybridized carbons (Fsp3) is 0.235. The summed E-state index contributed by atoms with van der Waals surface area (Å²) in [6.07, 6.45) is 0.998. The molecule has 1 unspecified atom stereocenters. The number of amides is 1. The van der Waals surface area contributed by atoms with Crippen molar-refractivity contribution in [1.29, 1.82) is 0 Å². The van der Waals surface area contributed by atoms with Crippen molar-refractivity contribution >= 4 is 33.2 Å². The molecule has 0 aliphatic heterocycles. The van der Waals surface area contributed by atoms with E-state index in [9.17, 15) is 13.2 Å². The first kappa shape index (κ1) is 19.2. The number of carbonyl (C=O) groups excluding carboxylic acids is 1. The van der Waals surface area contributed by atoms with Crippen LogP contribution in [0.3, 0.4) is 0 Å². The number of carbonyl (C=O) groups is 1. The summed E-state index contributed by atoms with van der Waals surface area (Å²) in [5.74, 6) is 0.358. The average Bonchev–Trinajstić information content (AvgIpc) is 2.54. The third-order valence-corrected chi connectivity index (χ3v) is 4.36. The molecule has 2 aromatic rings. The molecular formula is C17H19ClN2O4S. The molecule has 2 N–H and O–H groups in total. The highest BCUT2D eigenvalue weighted by atomic mass is 35.5. The maximum absolute atomic E-state index is 12.3. The lowest BCUT2D eigenvalue weighted by molar-refractivity contribution is -0.116. The summed E-state index contributed by atoms with van der Waals surface area (Å²) in [5, 5.41) is 3.27. The van der Waals surface area contributed by atoms with Gasteiger partial charge in [-0.3, -0.25) is 4.79 Å². The molecule has 8 heteroatoms. The Morgan fingerprint density at radius 2 is 1.72 bits per heavy atom. The van der Waals surface area contributed by atoms with E-state index in [1.54, 1.807) is 55.6 Å². The fourth-order valence-electron chi connectivity index (χ4n) is 2.25. The van der Waals surface area contributed by atoms with Crippen molar-refractivity contribution in [2.45, 2.75) is 12.5 Å². The topological polar surface area (TPSA) is 84.5 Å². The van der Waals surface area contributed by atoms with Crippen molar-refractivity contribution in [1.82, 2.24) is 4.72 Å². The van der Waals surface area contributed by atoms with Crippen molar-refractivity contribution < 1.29 is 17.9 Å². The van der Waals surface area contributed by atoms with Crippen LogP contribution in [0.1, 0.15) is 18.0 Å². The number of halogens is 1. The zero-order valence-electron chi connectivity index (χ0n) is 13.8. The van der Waals surface area contributed by atoms with Gasteiger partial charge in [-0.25, -0.2) is 13.1 Å². The van der Waals surface area contributed by atoms with Gasteiger partial charge in [0.15, 0.2) is 0 Å². The van der Waals surface area contributed by atoms with Gasteiger partial charge in [0, 0.05) is 17.1 Å². The van der Waals surface area contributed by atoms with Crippen LogP contribution in [0.25, 0.3) is 0 Å². The Hall–Kier alpha value is -2.09. The van der Waals surface area contributed by atoms with Crippen molar-refractivity contribution in [3.63, 3.8) is 0 Å². The summed E-state index contributed by atoms with van der Waals surface area (Å²) in [6, 6.07) is 12.8. The van der Waals surface area contributed by atoms with E-state index in [-0.39, 0.29) is 12.3 Å². The maximum atomic E-state index is 12.3. The van der Waals surface area contributed by atoms with Crippen LogP contribution in [0.5, 0.6) is 5.75 Å². The number of rotatable bonds is 7. The molecule has 0 heterocycles. The second-order valence-electron chi connectivity index (χ2n) is 5.47. The monoisotopic (exact) mass is 382 g/mol. The standard InChI is InChI=1S/C17H19ClN2O4S/c1-24-15-9-7-14(8-10-15)19-17(21)11-16(20-25(2,22)23)12-3-5-13(18)6-4-12/h3-10,16,20H,11H2,1-2H3,(H,19,21). The van der Waals surface area contributed by atoms with Crippen molar-refractivity contribution in [3.05, 3.63) is 59.1 Å². The van der Waals surface area contributed by atoms with Crippen molar-refractivity contribution in [2.75, 3.05) is 18.7 Å². The van der Waals surface area contributed by atoms with Gasteiger partial charge in [0.05, 0.1) is 19.4 Å². The van der Waals surface area contributed by atoms with Crippen LogP contribution >= 0.6 is 11.6 Å². The fourth-order valence-corrected chi connectivity index (χ4v) is 3.12. The highest BCUT2D eigenvalue weighted by Gasteiger charge is 2.20. The first-order chi connectivity index (χ1) is 11.8. The minimum Gasteiger partial charge on any atom is -0.497 e. The van der Waals surface area contributed by atoms with E-state index in [1.165, 1.54) is 0 Å². The number of hydrogen-bond donors (Lipinski definition) is 2. The Morgan fingerprint density at radius 1 is 1.12 bits per heavy atom. The lowest BCUT2D eigenvalue weighted by Crippen LogP contribution is -2.30. The lowest BCUT2D eigenvalue weighted by atomic mass is 10.0. The number of anilines is 1. The largest absolute Gasteiger partial charge is 0.497 e. The normalized spacial score (nSPS) is 12.4. The van der Waals surface area contributed by atoms with Gasteiger partial charge in [-0.15, -0.1) is 0 Å². The third kappa shape index (κ3) is 6.38. The molecule has 0 spiro atoms. The molecule has 0 bridgehead atoms. The van der Waals surface area contributed by atoms with Gasteiger partial charge in [0.2, 0.25) is 15.9 Å². The molecule has 0 aliphatic rings. The summed E-state index contributed by atoms with van der Waals surface area (Å²) in [6.45, 7) is 0. The van der Waals surface area contributed by atoms with Gasteiger partial charge in [-0.05, 0) is 42.0 Å². The number of sulfonamides is 1. The van der Waals surface area contributed by atoms with Crippen LogP contribution in [0, 0.1) is 0 Å². The number of ether oxygens (including phenoxy) is 1. The van der Waals surface area contributed by atoms with E-state index in [4.69, 9.17) is 16.3 Å². The molecule has 2 aromatic carbocycles. The molecule has 0 aromatic heterocycles. The van der Waals surface area contributed by atoms with Crippen LogP contribution in [-0.4, -0.2) is 27.7 Å². The Labute approximate surface area is 152 Å². The molecule has 0 saturated carbocycles. The first-order valence-electron chi connectivity index (χ1n) is 7.43. The third-order valence-electron chi connectivity index (χ3n) is 3.39. The van der Waals surface area contributed by atoms with E-state index in [0.29, 0.717) is 22.0 Å². The molecule has 25 heavy (non-hydrogen) atoms. The van der Waals surface area contributed by atoms with Crippen molar-refractivity contribution in [2.24, 2.45) is 0 Å². The molecule has 0 radical (unpaired) electrons. The molecule has 6 nitrogen and oxygen atoms in total. The SMILES string of the molecule is COc1ccc(NC(=O)CC(NS(C)(=O)=O)c2ccc(Cl)cc2)cc1. The van der Waals surface area contributed by atoms with Gasteiger partial charge in [-0.1, -0.05) is 23.7 Å². The van der Waals surface area contributed by atoms with Gasteiger partial charge < -0.3 is 10.1 Å². The molecular weight excluding hydrogens is 364 g/mol. The summed E-state index contributed by atoms with van der Waals surface area (Å²) in [7, 11) is -1.93. The summed E-state index contributed by atoms with van der Waals surface area (Å²) in [5.41, 5.74) is 1.25. The summed E-state index contributed by atoms with van der Waals surface area (Å²) >= 11 is 5.86. The molecule has 0 aliphatic carbocycles. The second-order valence-corrected chi connectivity index (χ2v) is 7.69. The smallest absolute Gasteiger partial charge is 0.226 e. The quantitative estimate of drug-likeness (QED) is 0.771.